The van der Waals surface area contributed by atoms with E-state index in [1.165, 1.54) is 6.92 Å². The van der Waals surface area contributed by atoms with Crippen LogP contribution in [0.2, 0.25) is 0 Å². The Labute approximate surface area is 195 Å². The number of aliphatic imine (C=N–C) groups is 2. The lowest BCUT2D eigenvalue weighted by molar-refractivity contribution is -0.274. The second-order valence-electron chi connectivity index (χ2n) is 9.38. The number of halogens is 3. The van der Waals surface area contributed by atoms with Crippen LogP contribution in [0.4, 0.5) is 13.2 Å². The summed E-state index contributed by atoms with van der Waals surface area (Å²) in [6.45, 7) is 1.23. The van der Waals surface area contributed by atoms with E-state index in [1.807, 2.05) is 0 Å². The minimum Gasteiger partial charge on any atom is -0.406 e. The molecule has 0 radical (unpaired) electrons. The molecule has 0 spiro atoms. The van der Waals surface area contributed by atoms with Crippen molar-refractivity contribution in [3.63, 3.8) is 0 Å². The summed E-state index contributed by atoms with van der Waals surface area (Å²) in [4.78, 5) is 19.8. The van der Waals surface area contributed by atoms with Crippen LogP contribution in [0.3, 0.4) is 0 Å². The molecular formula is C21H26F3N5O4S. The second kappa shape index (κ2) is 8.75. The number of hydrogen-bond acceptors (Lipinski definition) is 5. The Bertz CT molecular complexity index is 1080. The van der Waals surface area contributed by atoms with E-state index < -0.39 is 33.6 Å². The molecule has 4 aliphatic carbocycles. The van der Waals surface area contributed by atoms with Crippen molar-refractivity contribution in [1.82, 2.24) is 10.0 Å². The Morgan fingerprint density at radius 1 is 1.09 bits per heavy atom. The van der Waals surface area contributed by atoms with Crippen molar-refractivity contribution in [3.8, 4) is 5.75 Å². The first-order valence-corrected chi connectivity index (χ1v) is 12.4. The van der Waals surface area contributed by atoms with Gasteiger partial charge < -0.3 is 10.5 Å². The first-order chi connectivity index (χ1) is 15.8. The van der Waals surface area contributed by atoms with Crippen LogP contribution in [0.1, 0.15) is 45.4 Å². The van der Waals surface area contributed by atoms with Gasteiger partial charge in [0.2, 0.25) is 17.8 Å². The Hall–Kier alpha value is -2.83. The number of sulfonamides is 1. The minimum absolute atomic E-state index is 0.274. The van der Waals surface area contributed by atoms with Crippen LogP contribution in [0.15, 0.2) is 39.1 Å². The van der Waals surface area contributed by atoms with E-state index in [-0.39, 0.29) is 16.8 Å². The van der Waals surface area contributed by atoms with Crippen molar-refractivity contribution in [2.45, 2.75) is 62.2 Å². The molecule has 13 heteroatoms. The Morgan fingerprint density at radius 3 is 2.09 bits per heavy atom. The number of ether oxygens (including phenoxy) is 1. The van der Waals surface area contributed by atoms with Crippen molar-refractivity contribution in [1.29, 1.82) is 0 Å². The zero-order chi connectivity index (χ0) is 24.7. The van der Waals surface area contributed by atoms with Gasteiger partial charge in [-0.05, 0) is 80.5 Å². The second-order valence-corrected chi connectivity index (χ2v) is 11.1. The number of rotatable bonds is 4. The third-order valence-electron chi connectivity index (χ3n) is 6.47. The number of nitrogens with zero attached hydrogens (tertiary/aromatic N) is 2. The SMILES string of the molecule is CC(=O)NC(N)=NC(=NC12CC3CC(CC(C3)C1)C2)NS(=O)(=O)c1ccc(OC(F)(F)F)cc1. The molecular weight excluding hydrogens is 475 g/mol. The molecule has 186 valence electrons. The third kappa shape index (κ3) is 5.80. The minimum atomic E-state index is -4.90. The van der Waals surface area contributed by atoms with E-state index in [1.54, 1.807) is 0 Å². The van der Waals surface area contributed by atoms with E-state index in [2.05, 4.69) is 19.8 Å². The number of carbonyl (C=O) groups excluding carboxylic acids is 1. The highest BCUT2D eigenvalue weighted by molar-refractivity contribution is 7.90. The van der Waals surface area contributed by atoms with Crippen LogP contribution in [-0.4, -0.2) is 38.1 Å². The summed E-state index contributed by atoms with van der Waals surface area (Å²) in [5.41, 5.74) is 5.30. The van der Waals surface area contributed by atoms with Crippen molar-refractivity contribution in [2.24, 2.45) is 33.5 Å². The number of nitrogens with two attached hydrogens (primary N) is 1. The normalized spacial score (nSPS) is 29.1. The predicted octanol–water partition coefficient (Wildman–Crippen LogP) is 2.64. The van der Waals surface area contributed by atoms with Crippen LogP contribution >= 0.6 is 0 Å². The fraction of sp³-hybridized carbons (Fsp3) is 0.571. The summed E-state index contributed by atoms with van der Waals surface area (Å²) in [5, 5.41) is 2.29. The van der Waals surface area contributed by atoms with Crippen LogP contribution in [0, 0.1) is 17.8 Å². The first-order valence-electron chi connectivity index (χ1n) is 10.9. The van der Waals surface area contributed by atoms with E-state index >= 15 is 0 Å². The van der Waals surface area contributed by atoms with Gasteiger partial charge in [0.1, 0.15) is 5.75 Å². The molecule has 5 rings (SSSR count). The first kappa shape index (κ1) is 24.3. The van der Waals surface area contributed by atoms with E-state index in [0.717, 1.165) is 62.8 Å². The highest BCUT2D eigenvalue weighted by Crippen LogP contribution is 2.57. The predicted molar refractivity (Wildman–Crippen MR) is 117 cm³/mol. The average molecular weight is 502 g/mol. The number of amides is 1. The molecule has 9 nitrogen and oxygen atoms in total. The van der Waals surface area contributed by atoms with E-state index in [4.69, 9.17) is 10.7 Å². The van der Waals surface area contributed by atoms with Gasteiger partial charge in [0.25, 0.3) is 10.0 Å². The molecule has 0 saturated heterocycles. The maximum Gasteiger partial charge on any atom is 0.573 e. The lowest BCUT2D eigenvalue weighted by Gasteiger charge is -2.54. The maximum atomic E-state index is 13.0. The molecule has 0 aromatic heterocycles. The fourth-order valence-corrected chi connectivity index (χ4v) is 6.76. The van der Waals surface area contributed by atoms with Gasteiger partial charge in [0.05, 0.1) is 10.4 Å². The van der Waals surface area contributed by atoms with Crippen molar-refractivity contribution in [3.05, 3.63) is 24.3 Å². The summed E-state index contributed by atoms with van der Waals surface area (Å²) >= 11 is 0. The van der Waals surface area contributed by atoms with Gasteiger partial charge >= 0.3 is 6.36 Å². The molecule has 1 amide bonds. The van der Waals surface area contributed by atoms with E-state index in [9.17, 15) is 26.4 Å². The molecule has 4 N–H and O–H groups in total. The number of hydrogen-bond donors (Lipinski definition) is 3. The molecule has 0 unspecified atom stereocenters. The highest BCUT2D eigenvalue weighted by Gasteiger charge is 2.51. The van der Waals surface area contributed by atoms with Crippen molar-refractivity contribution < 1.29 is 31.1 Å². The Kier molecular flexibility index (Phi) is 6.25. The average Bonchev–Trinajstić information content (AvgIpc) is 2.64. The topological polar surface area (TPSA) is 135 Å². The fourth-order valence-electron chi connectivity index (χ4n) is 5.82. The molecule has 34 heavy (non-hydrogen) atoms. The quantitative estimate of drug-likeness (QED) is 0.431. The number of benzene rings is 1. The van der Waals surface area contributed by atoms with Gasteiger partial charge in [-0.25, -0.2) is 18.1 Å². The Morgan fingerprint density at radius 2 is 1.62 bits per heavy atom. The molecule has 1 aromatic rings. The lowest BCUT2D eigenvalue weighted by atomic mass is 9.53. The summed E-state index contributed by atoms with van der Waals surface area (Å²) in [7, 11) is -4.27. The van der Waals surface area contributed by atoms with Crippen LogP contribution in [-0.2, 0) is 14.8 Å². The largest absolute Gasteiger partial charge is 0.573 e. The molecule has 4 fully saturated rings. The number of nitrogens with one attached hydrogen (secondary N) is 2. The van der Waals surface area contributed by atoms with Crippen molar-refractivity contribution in [2.75, 3.05) is 0 Å². The number of guanidine groups is 2. The summed E-state index contributed by atoms with van der Waals surface area (Å²) < 4.78 is 69.2. The van der Waals surface area contributed by atoms with Crippen LogP contribution in [0.5, 0.6) is 5.75 Å². The van der Waals surface area contributed by atoms with Gasteiger partial charge in [0, 0.05) is 6.92 Å². The van der Waals surface area contributed by atoms with Gasteiger partial charge in [0.15, 0.2) is 0 Å². The standard InChI is InChI=1S/C21H26F3N5O4S/c1-12(30)26-18(25)27-19(28-20-9-13-6-14(10-20)8-15(7-13)11-20)29-34(31,32)17-4-2-16(3-5-17)33-21(22,23)24/h2-5,13-15H,6-11H2,1H3,(H4,25,26,27,28,29,30). The third-order valence-corrected chi connectivity index (χ3v) is 7.82. The molecule has 4 aliphatic rings. The van der Waals surface area contributed by atoms with Crippen LogP contribution in [0.25, 0.3) is 0 Å². The van der Waals surface area contributed by atoms with E-state index in [0.29, 0.717) is 17.8 Å². The smallest absolute Gasteiger partial charge is 0.406 e. The van der Waals surface area contributed by atoms with Gasteiger partial charge in [-0.3, -0.25) is 10.1 Å². The molecule has 0 atom stereocenters. The molecule has 0 aliphatic heterocycles. The van der Waals surface area contributed by atoms with Gasteiger partial charge in [-0.1, -0.05) is 0 Å². The molecule has 4 saturated carbocycles. The molecule has 1 aromatic carbocycles. The highest BCUT2D eigenvalue weighted by atomic mass is 32.2. The Balaban J connectivity index is 1.62. The van der Waals surface area contributed by atoms with Gasteiger partial charge in [-0.15, -0.1) is 13.2 Å². The molecule has 4 bridgehead atoms. The number of alkyl halides is 3. The lowest BCUT2D eigenvalue weighted by Crippen LogP contribution is -2.50. The van der Waals surface area contributed by atoms with Crippen LogP contribution < -0.4 is 20.5 Å². The summed E-state index contributed by atoms with van der Waals surface area (Å²) in [5.74, 6) is -0.0427. The summed E-state index contributed by atoms with van der Waals surface area (Å²) in [6, 6.07) is 3.75. The summed E-state index contributed by atoms with van der Waals surface area (Å²) in [6.07, 6.45) is 1.03. The number of carbonyl (C=O) groups is 1. The van der Waals surface area contributed by atoms with Crippen molar-refractivity contribution >= 4 is 27.8 Å². The molecule has 0 heterocycles. The monoisotopic (exact) mass is 501 g/mol. The maximum absolute atomic E-state index is 13.0. The zero-order valence-electron chi connectivity index (χ0n) is 18.4. The zero-order valence-corrected chi connectivity index (χ0v) is 19.2. The van der Waals surface area contributed by atoms with Gasteiger partial charge in [-0.2, -0.15) is 4.99 Å².